The molecule has 1 rings (SSSR count). The van der Waals surface area contributed by atoms with Gasteiger partial charge in [0.2, 0.25) is 0 Å². The lowest BCUT2D eigenvalue weighted by Gasteiger charge is -2.07. The maximum absolute atomic E-state index is 5.00. The second-order valence-electron chi connectivity index (χ2n) is 1.65. The summed E-state index contributed by atoms with van der Waals surface area (Å²) >= 11 is 0. The lowest BCUT2D eigenvalue weighted by atomic mass is 10.4. The summed E-state index contributed by atoms with van der Waals surface area (Å²) in [6.07, 6.45) is 0.983. The lowest BCUT2D eigenvalue weighted by molar-refractivity contribution is -0.0685. The highest BCUT2D eigenvalue weighted by atomic mass is 16.7. The molecule has 0 N–H and O–H groups in total. The third-order valence-corrected chi connectivity index (χ3v) is 1.12. The van der Waals surface area contributed by atoms with Crippen LogP contribution in [0.25, 0.3) is 0 Å². The van der Waals surface area contributed by atoms with Crippen LogP contribution in [0.15, 0.2) is 12.3 Å². The predicted octanol–water partition coefficient (Wildman–Crippen LogP) is 0.767. The number of hydroxylamine groups is 2. The van der Waals surface area contributed by atoms with E-state index in [1.54, 1.807) is 5.06 Å². The molecule has 0 atom stereocenters. The average Bonchev–Trinajstić information content (AvgIpc) is 1.91. The van der Waals surface area contributed by atoms with Crippen LogP contribution in [-0.2, 0) is 4.84 Å². The van der Waals surface area contributed by atoms with Crippen molar-refractivity contribution >= 4 is 0 Å². The highest BCUT2D eigenvalue weighted by Crippen LogP contribution is 2.11. The van der Waals surface area contributed by atoms with E-state index in [0.29, 0.717) is 0 Å². The molecule has 1 heterocycles. The lowest BCUT2D eigenvalue weighted by Crippen LogP contribution is -2.06. The first-order valence-corrected chi connectivity index (χ1v) is 2.35. The normalized spacial score (nSPS) is 21.3. The van der Waals surface area contributed by atoms with Crippen molar-refractivity contribution < 1.29 is 4.84 Å². The highest BCUT2D eigenvalue weighted by molar-refractivity contribution is 4.91. The van der Waals surface area contributed by atoms with Gasteiger partial charge in [0.1, 0.15) is 0 Å². The minimum Gasteiger partial charge on any atom is -0.274 e. The second-order valence-corrected chi connectivity index (χ2v) is 1.65. The van der Waals surface area contributed by atoms with Gasteiger partial charge in [0.05, 0.1) is 6.61 Å². The van der Waals surface area contributed by atoms with E-state index in [0.717, 1.165) is 18.7 Å². The van der Waals surface area contributed by atoms with Gasteiger partial charge in [0.25, 0.3) is 0 Å². The number of hydrogen-bond acceptors (Lipinski definition) is 2. The zero-order valence-corrected chi connectivity index (χ0v) is 4.48. The van der Waals surface area contributed by atoms with Crippen LogP contribution in [0.1, 0.15) is 6.42 Å². The van der Waals surface area contributed by atoms with Gasteiger partial charge in [0.15, 0.2) is 0 Å². The molecule has 0 aromatic rings. The van der Waals surface area contributed by atoms with Gasteiger partial charge in [-0.1, -0.05) is 6.58 Å². The fraction of sp³-hybridized carbons (Fsp3) is 0.600. The molecule has 1 saturated heterocycles. The first-order valence-electron chi connectivity index (χ1n) is 2.35. The minimum atomic E-state index is 0.801. The van der Waals surface area contributed by atoms with Crippen molar-refractivity contribution in [2.75, 3.05) is 13.7 Å². The van der Waals surface area contributed by atoms with Crippen LogP contribution in [0, 0.1) is 0 Å². The van der Waals surface area contributed by atoms with E-state index in [1.807, 2.05) is 7.05 Å². The summed E-state index contributed by atoms with van der Waals surface area (Å²) in [5.41, 5.74) is 1.07. The molecule has 2 nitrogen and oxygen atoms in total. The molecular weight excluding hydrogens is 90.1 g/mol. The molecular formula is C5H9NO. The summed E-state index contributed by atoms with van der Waals surface area (Å²) in [4.78, 5) is 5.00. The number of nitrogens with zero attached hydrogens (tertiary/aromatic N) is 1. The molecule has 0 unspecified atom stereocenters. The monoisotopic (exact) mass is 99.1 g/mol. The van der Waals surface area contributed by atoms with Crippen molar-refractivity contribution in [1.29, 1.82) is 0 Å². The van der Waals surface area contributed by atoms with Crippen molar-refractivity contribution in [2.24, 2.45) is 0 Å². The fourth-order valence-corrected chi connectivity index (χ4v) is 0.549. The van der Waals surface area contributed by atoms with Crippen LogP contribution in [-0.4, -0.2) is 18.7 Å². The Hall–Kier alpha value is -0.500. The van der Waals surface area contributed by atoms with Crippen LogP contribution in [0.5, 0.6) is 0 Å². The van der Waals surface area contributed by atoms with Crippen molar-refractivity contribution in [2.45, 2.75) is 6.42 Å². The molecule has 0 aliphatic carbocycles. The van der Waals surface area contributed by atoms with Gasteiger partial charge in [-0.25, -0.2) is 0 Å². The minimum absolute atomic E-state index is 0.801. The van der Waals surface area contributed by atoms with E-state index in [4.69, 9.17) is 4.84 Å². The zero-order valence-electron chi connectivity index (χ0n) is 4.48. The van der Waals surface area contributed by atoms with E-state index in [-0.39, 0.29) is 0 Å². The average molecular weight is 99.1 g/mol. The number of rotatable bonds is 0. The maximum Gasteiger partial charge on any atom is 0.0803 e. The Bertz CT molecular complexity index is 90.1. The Kier molecular flexibility index (Phi) is 1.02. The summed E-state index contributed by atoms with van der Waals surface area (Å²) in [6, 6.07) is 0. The molecule has 2 heteroatoms. The third-order valence-electron chi connectivity index (χ3n) is 1.12. The van der Waals surface area contributed by atoms with Gasteiger partial charge in [-0.2, -0.15) is 0 Å². The zero-order chi connectivity index (χ0) is 5.28. The van der Waals surface area contributed by atoms with E-state index in [9.17, 15) is 0 Å². The quantitative estimate of drug-likeness (QED) is 0.444. The molecule has 0 bridgehead atoms. The smallest absolute Gasteiger partial charge is 0.0803 e. The summed E-state index contributed by atoms with van der Waals surface area (Å²) in [5.74, 6) is 0. The van der Waals surface area contributed by atoms with Crippen LogP contribution in [0.3, 0.4) is 0 Å². The maximum atomic E-state index is 5.00. The van der Waals surface area contributed by atoms with Crippen molar-refractivity contribution in [1.82, 2.24) is 5.06 Å². The Morgan fingerprint density at radius 1 is 1.86 bits per heavy atom. The predicted molar refractivity (Wildman–Crippen MR) is 27.5 cm³/mol. The molecule has 0 amide bonds. The van der Waals surface area contributed by atoms with Crippen molar-refractivity contribution in [3.05, 3.63) is 12.3 Å². The first-order chi connectivity index (χ1) is 3.30. The molecule has 0 aromatic carbocycles. The van der Waals surface area contributed by atoms with Gasteiger partial charge < -0.3 is 0 Å². The topological polar surface area (TPSA) is 12.5 Å². The summed E-state index contributed by atoms with van der Waals surface area (Å²) in [7, 11) is 1.87. The Morgan fingerprint density at radius 2 is 2.57 bits per heavy atom. The van der Waals surface area contributed by atoms with Gasteiger partial charge in [-0.3, -0.25) is 9.90 Å². The van der Waals surface area contributed by atoms with Gasteiger partial charge in [-0.05, 0) is 0 Å². The van der Waals surface area contributed by atoms with Crippen LogP contribution in [0.4, 0.5) is 0 Å². The van der Waals surface area contributed by atoms with Crippen LogP contribution >= 0.6 is 0 Å². The first kappa shape index (κ1) is 4.65. The Labute approximate surface area is 43.3 Å². The standard InChI is InChI=1S/C5H9NO/c1-5-3-4-7-6(5)2/h1,3-4H2,2H3. The molecule has 0 saturated carbocycles. The molecule has 0 aromatic heterocycles. The van der Waals surface area contributed by atoms with Crippen molar-refractivity contribution in [3.63, 3.8) is 0 Å². The van der Waals surface area contributed by atoms with Crippen LogP contribution in [0.2, 0.25) is 0 Å². The summed E-state index contributed by atoms with van der Waals surface area (Å²) in [6.45, 7) is 4.54. The van der Waals surface area contributed by atoms with Gasteiger partial charge in [0, 0.05) is 19.2 Å². The largest absolute Gasteiger partial charge is 0.274 e. The summed E-state index contributed by atoms with van der Waals surface area (Å²) in [5, 5.41) is 1.71. The van der Waals surface area contributed by atoms with Gasteiger partial charge in [-0.15, -0.1) is 0 Å². The van der Waals surface area contributed by atoms with E-state index < -0.39 is 0 Å². The number of hydrogen-bond donors (Lipinski definition) is 0. The molecule has 7 heavy (non-hydrogen) atoms. The highest BCUT2D eigenvalue weighted by Gasteiger charge is 2.08. The Balaban J connectivity index is 2.48. The molecule has 40 valence electrons. The van der Waals surface area contributed by atoms with Crippen molar-refractivity contribution in [3.8, 4) is 0 Å². The van der Waals surface area contributed by atoms with E-state index in [2.05, 4.69) is 6.58 Å². The molecule has 0 radical (unpaired) electrons. The van der Waals surface area contributed by atoms with Gasteiger partial charge >= 0.3 is 0 Å². The van der Waals surface area contributed by atoms with Crippen LogP contribution < -0.4 is 0 Å². The summed E-state index contributed by atoms with van der Waals surface area (Å²) < 4.78 is 0. The SMILES string of the molecule is C=C1CCON1C. The van der Waals surface area contributed by atoms with E-state index in [1.165, 1.54) is 0 Å². The second kappa shape index (κ2) is 1.54. The molecule has 1 aliphatic rings. The fourth-order valence-electron chi connectivity index (χ4n) is 0.549. The van der Waals surface area contributed by atoms with E-state index >= 15 is 0 Å². The third kappa shape index (κ3) is 0.747. The molecule has 1 fully saturated rings. The molecule has 1 aliphatic heterocycles. The Morgan fingerprint density at radius 3 is 2.71 bits per heavy atom. The molecule has 0 spiro atoms.